The van der Waals surface area contributed by atoms with Crippen molar-refractivity contribution in [3.05, 3.63) is 35.7 Å². The van der Waals surface area contributed by atoms with Gasteiger partial charge >= 0.3 is 0 Å². The average molecular weight is 385 g/mol. The van der Waals surface area contributed by atoms with E-state index in [9.17, 15) is 4.79 Å². The highest BCUT2D eigenvalue weighted by atomic mass is 32.1. The Morgan fingerprint density at radius 1 is 1.15 bits per heavy atom. The summed E-state index contributed by atoms with van der Waals surface area (Å²) < 4.78 is 6.49. The first-order chi connectivity index (χ1) is 13.0. The molecule has 1 aromatic carbocycles. The van der Waals surface area contributed by atoms with Gasteiger partial charge in [0, 0.05) is 24.4 Å². The molecule has 0 saturated carbocycles. The maximum Gasteiger partial charge on any atom is 0.226 e. The Hall–Kier alpha value is -2.74. The molecule has 27 heavy (non-hydrogen) atoms. The van der Waals surface area contributed by atoms with Gasteiger partial charge in [-0.3, -0.25) is 4.79 Å². The summed E-state index contributed by atoms with van der Waals surface area (Å²) in [7, 11) is 0. The molecule has 0 aliphatic rings. The molecule has 0 fully saturated rings. The standard InChI is InChI=1S/C19H23N5O2S/c1-4-26-14-7-8-15-16(11-14)27-19(23-15)24-17(25)6-5-9-20-18-21-12(2)10-13(3)22-18/h7-8,10-11H,4-6,9H2,1-3H3,(H,20,21,22)(H,23,24,25). The van der Waals surface area contributed by atoms with Crippen LogP contribution in [0.25, 0.3) is 10.2 Å². The Morgan fingerprint density at radius 2 is 1.93 bits per heavy atom. The lowest BCUT2D eigenvalue weighted by Gasteiger charge is -2.06. The number of amides is 1. The minimum atomic E-state index is -0.0535. The van der Waals surface area contributed by atoms with Crippen molar-refractivity contribution in [3.8, 4) is 5.75 Å². The van der Waals surface area contributed by atoms with Crippen LogP contribution in [0, 0.1) is 13.8 Å². The van der Waals surface area contributed by atoms with Gasteiger partial charge in [0.25, 0.3) is 0 Å². The zero-order valence-corrected chi connectivity index (χ0v) is 16.5. The number of fused-ring (bicyclic) bond motifs is 1. The molecule has 0 unspecified atom stereocenters. The molecule has 0 aliphatic heterocycles. The van der Waals surface area contributed by atoms with Crippen LogP contribution in [0.2, 0.25) is 0 Å². The van der Waals surface area contributed by atoms with E-state index in [1.54, 1.807) is 0 Å². The summed E-state index contributed by atoms with van der Waals surface area (Å²) in [4.78, 5) is 25.2. The molecule has 1 amide bonds. The Bertz CT molecular complexity index is 921. The fourth-order valence-electron chi connectivity index (χ4n) is 2.65. The zero-order chi connectivity index (χ0) is 19.2. The fraction of sp³-hybridized carbons (Fsp3) is 0.368. The lowest BCUT2D eigenvalue weighted by Crippen LogP contribution is -2.14. The van der Waals surface area contributed by atoms with Gasteiger partial charge in [0.15, 0.2) is 5.13 Å². The highest BCUT2D eigenvalue weighted by Crippen LogP contribution is 2.29. The van der Waals surface area contributed by atoms with Crippen LogP contribution in [0.15, 0.2) is 24.3 Å². The molecule has 8 heteroatoms. The van der Waals surface area contributed by atoms with E-state index in [4.69, 9.17) is 4.74 Å². The number of ether oxygens (including phenoxy) is 1. The molecule has 0 aliphatic carbocycles. The van der Waals surface area contributed by atoms with E-state index >= 15 is 0 Å². The molecule has 2 N–H and O–H groups in total. The summed E-state index contributed by atoms with van der Waals surface area (Å²) in [6, 6.07) is 7.66. The van der Waals surface area contributed by atoms with Crippen molar-refractivity contribution in [1.82, 2.24) is 15.0 Å². The Morgan fingerprint density at radius 3 is 2.67 bits per heavy atom. The predicted molar refractivity (Wildman–Crippen MR) is 109 cm³/mol. The van der Waals surface area contributed by atoms with E-state index in [-0.39, 0.29) is 5.91 Å². The van der Waals surface area contributed by atoms with Gasteiger partial charge in [-0.1, -0.05) is 11.3 Å². The monoisotopic (exact) mass is 385 g/mol. The number of aryl methyl sites for hydroxylation is 2. The van der Waals surface area contributed by atoms with E-state index < -0.39 is 0 Å². The largest absolute Gasteiger partial charge is 0.494 e. The molecule has 0 saturated heterocycles. The second-order valence-corrected chi connectivity index (χ2v) is 7.17. The molecule has 2 heterocycles. The minimum absolute atomic E-state index is 0.0535. The van der Waals surface area contributed by atoms with Crippen LogP contribution in [-0.4, -0.2) is 34.0 Å². The van der Waals surface area contributed by atoms with Gasteiger partial charge in [0.05, 0.1) is 16.8 Å². The van der Waals surface area contributed by atoms with Gasteiger partial charge in [-0.2, -0.15) is 0 Å². The number of hydrogen-bond donors (Lipinski definition) is 2. The van der Waals surface area contributed by atoms with Crippen LogP contribution in [0.4, 0.5) is 11.1 Å². The molecule has 0 bridgehead atoms. The molecule has 0 atom stereocenters. The summed E-state index contributed by atoms with van der Waals surface area (Å²) in [5.41, 5.74) is 2.70. The topological polar surface area (TPSA) is 89.0 Å². The van der Waals surface area contributed by atoms with Crippen molar-refractivity contribution >= 4 is 38.5 Å². The van der Waals surface area contributed by atoms with E-state index in [1.165, 1.54) is 11.3 Å². The molecule has 3 rings (SSSR count). The maximum absolute atomic E-state index is 12.2. The van der Waals surface area contributed by atoms with Crippen LogP contribution in [0.1, 0.15) is 31.2 Å². The molecular weight excluding hydrogens is 362 g/mol. The lowest BCUT2D eigenvalue weighted by molar-refractivity contribution is -0.116. The zero-order valence-electron chi connectivity index (χ0n) is 15.7. The van der Waals surface area contributed by atoms with Gasteiger partial charge in [-0.05, 0) is 51.5 Å². The van der Waals surface area contributed by atoms with E-state index in [2.05, 4.69) is 25.6 Å². The number of rotatable bonds is 8. The van der Waals surface area contributed by atoms with Gasteiger partial charge < -0.3 is 15.4 Å². The van der Waals surface area contributed by atoms with Crippen LogP contribution >= 0.6 is 11.3 Å². The first-order valence-corrected chi connectivity index (χ1v) is 9.74. The van der Waals surface area contributed by atoms with Crippen molar-refractivity contribution in [2.45, 2.75) is 33.6 Å². The number of hydrogen-bond acceptors (Lipinski definition) is 7. The Balaban J connectivity index is 1.48. The number of anilines is 2. The molecule has 3 aromatic rings. The molecular formula is C19H23N5O2S. The number of nitrogens with zero attached hydrogens (tertiary/aromatic N) is 3. The highest BCUT2D eigenvalue weighted by Gasteiger charge is 2.09. The van der Waals surface area contributed by atoms with Crippen molar-refractivity contribution in [2.24, 2.45) is 0 Å². The number of nitrogens with one attached hydrogen (secondary N) is 2. The normalized spacial score (nSPS) is 10.8. The number of benzene rings is 1. The maximum atomic E-state index is 12.2. The van der Waals surface area contributed by atoms with Gasteiger partial charge in [0.2, 0.25) is 11.9 Å². The van der Waals surface area contributed by atoms with Gasteiger partial charge in [-0.15, -0.1) is 0 Å². The predicted octanol–water partition coefficient (Wildman–Crippen LogP) is 3.93. The first-order valence-electron chi connectivity index (χ1n) is 8.93. The lowest BCUT2D eigenvalue weighted by atomic mass is 10.3. The van der Waals surface area contributed by atoms with Gasteiger partial charge in [0.1, 0.15) is 5.75 Å². The summed E-state index contributed by atoms with van der Waals surface area (Å²) in [6.07, 6.45) is 1.08. The van der Waals surface area contributed by atoms with Crippen LogP contribution < -0.4 is 15.4 Å². The number of carbonyl (C=O) groups is 1. The van der Waals surface area contributed by atoms with Crippen LogP contribution in [0.3, 0.4) is 0 Å². The molecule has 7 nitrogen and oxygen atoms in total. The second kappa shape index (κ2) is 8.77. The SMILES string of the molecule is CCOc1ccc2nc(NC(=O)CCCNc3nc(C)cc(C)n3)sc2c1. The Labute approximate surface area is 162 Å². The van der Waals surface area contributed by atoms with E-state index in [1.807, 2.05) is 45.0 Å². The third kappa shape index (κ3) is 5.37. The van der Waals surface area contributed by atoms with Crippen molar-refractivity contribution in [3.63, 3.8) is 0 Å². The number of thiazole rings is 1. The second-order valence-electron chi connectivity index (χ2n) is 6.13. The van der Waals surface area contributed by atoms with E-state index in [0.29, 0.717) is 37.1 Å². The summed E-state index contributed by atoms with van der Waals surface area (Å²) >= 11 is 1.45. The Kier molecular flexibility index (Phi) is 6.18. The first kappa shape index (κ1) is 19.0. The fourth-order valence-corrected chi connectivity index (χ4v) is 3.56. The molecule has 2 aromatic heterocycles. The van der Waals surface area contributed by atoms with Crippen molar-refractivity contribution in [2.75, 3.05) is 23.8 Å². The van der Waals surface area contributed by atoms with Crippen LogP contribution in [0.5, 0.6) is 5.75 Å². The number of aromatic nitrogens is 3. The highest BCUT2D eigenvalue weighted by molar-refractivity contribution is 7.22. The molecule has 0 radical (unpaired) electrons. The third-order valence-corrected chi connectivity index (χ3v) is 4.70. The quantitative estimate of drug-likeness (QED) is 0.571. The van der Waals surface area contributed by atoms with Crippen LogP contribution in [-0.2, 0) is 4.79 Å². The summed E-state index contributed by atoms with van der Waals surface area (Å²) in [5, 5.41) is 6.63. The molecule has 0 spiro atoms. The smallest absolute Gasteiger partial charge is 0.226 e. The van der Waals surface area contributed by atoms with Crippen molar-refractivity contribution in [1.29, 1.82) is 0 Å². The molecule has 142 valence electrons. The van der Waals surface area contributed by atoms with Crippen molar-refractivity contribution < 1.29 is 9.53 Å². The van der Waals surface area contributed by atoms with E-state index in [0.717, 1.165) is 27.4 Å². The minimum Gasteiger partial charge on any atom is -0.494 e. The third-order valence-electron chi connectivity index (χ3n) is 3.76. The number of carbonyl (C=O) groups excluding carboxylic acids is 1. The summed E-state index contributed by atoms with van der Waals surface area (Å²) in [5.74, 6) is 1.36. The van der Waals surface area contributed by atoms with Gasteiger partial charge in [-0.25, -0.2) is 15.0 Å². The average Bonchev–Trinajstić information content (AvgIpc) is 2.99. The summed E-state index contributed by atoms with van der Waals surface area (Å²) in [6.45, 7) is 7.07.